The first-order valence-corrected chi connectivity index (χ1v) is 7.76. The van der Waals surface area contributed by atoms with Crippen LogP contribution in [0.15, 0.2) is 18.5 Å². The van der Waals surface area contributed by atoms with Gasteiger partial charge in [0.1, 0.15) is 11.3 Å². The van der Waals surface area contributed by atoms with E-state index in [2.05, 4.69) is 34.9 Å². The summed E-state index contributed by atoms with van der Waals surface area (Å²) in [5.74, 6) is 1.20. The second kappa shape index (κ2) is 5.52. The van der Waals surface area contributed by atoms with Crippen LogP contribution in [0.1, 0.15) is 44.9 Å². The van der Waals surface area contributed by atoms with Gasteiger partial charge in [0, 0.05) is 24.7 Å². The Hall–Kier alpha value is -1.42. The summed E-state index contributed by atoms with van der Waals surface area (Å²) in [5, 5.41) is 3.59. The Bertz CT molecular complexity index is 581. The molecule has 1 fully saturated rings. The van der Waals surface area contributed by atoms with Crippen molar-refractivity contribution in [2.75, 3.05) is 7.05 Å². The van der Waals surface area contributed by atoms with E-state index in [-0.39, 0.29) is 5.54 Å². The molecule has 0 spiro atoms. The maximum absolute atomic E-state index is 4.83. The fraction of sp³-hybridized carbons (Fsp3) is 0.625. The smallest absolute Gasteiger partial charge is 0.111 e. The molecule has 0 aliphatic heterocycles. The van der Waals surface area contributed by atoms with Gasteiger partial charge in [-0.15, -0.1) is 0 Å². The van der Waals surface area contributed by atoms with E-state index >= 15 is 0 Å². The van der Waals surface area contributed by atoms with Crippen molar-refractivity contribution < 1.29 is 0 Å². The first-order chi connectivity index (χ1) is 9.78. The molecule has 3 rings (SSSR count). The van der Waals surface area contributed by atoms with Crippen LogP contribution in [0.2, 0.25) is 0 Å². The summed E-state index contributed by atoms with van der Waals surface area (Å²) in [5.41, 5.74) is 2.46. The van der Waals surface area contributed by atoms with Crippen LogP contribution >= 0.6 is 0 Å². The Morgan fingerprint density at radius 2 is 2.10 bits per heavy atom. The molecule has 0 radical (unpaired) electrons. The van der Waals surface area contributed by atoms with E-state index in [0.717, 1.165) is 18.5 Å². The van der Waals surface area contributed by atoms with Crippen molar-refractivity contribution in [3.05, 3.63) is 24.3 Å². The molecule has 1 aliphatic rings. The lowest BCUT2D eigenvalue weighted by atomic mass is 9.79. The van der Waals surface area contributed by atoms with E-state index in [1.54, 1.807) is 0 Å². The third-order valence-electron chi connectivity index (χ3n) is 4.78. The highest BCUT2D eigenvalue weighted by Crippen LogP contribution is 2.31. The first kappa shape index (κ1) is 13.6. The molecule has 0 atom stereocenters. The largest absolute Gasteiger partial charge is 0.328 e. The molecule has 2 aromatic rings. The van der Waals surface area contributed by atoms with Gasteiger partial charge in [-0.3, -0.25) is 4.98 Å². The van der Waals surface area contributed by atoms with Gasteiger partial charge in [-0.05, 0) is 32.9 Å². The molecular weight excluding hydrogens is 248 g/mol. The fourth-order valence-electron chi connectivity index (χ4n) is 3.57. The van der Waals surface area contributed by atoms with Crippen LogP contribution in [-0.4, -0.2) is 27.1 Å². The Balaban J connectivity index is 1.97. The molecule has 2 aromatic heterocycles. The van der Waals surface area contributed by atoms with E-state index in [4.69, 9.17) is 4.98 Å². The van der Waals surface area contributed by atoms with Gasteiger partial charge in [-0.2, -0.15) is 0 Å². The van der Waals surface area contributed by atoms with E-state index in [1.165, 1.54) is 43.4 Å². The molecule has 108 valence electrons. The number of likely N-dealkylation sites (N-methyl/N-ethyl adjacent to an activating group) is 1. The van der Waals surface area contributed by atoms with Crippen LogP contribution in [0.25, 0.3) is 11.0 Å². The number of aromatic nitrogens is 3. The summed E-state index contributed by atoms with van der Waals surface area (Å²) >= 11 is 0. The predicted molar refractivity (Wildman–Crippen MR) is 81.8 cm³/mol. The van der Waals surface area contributed by atoms with E-state index in [0.29, 0.717) is 0 Å². The highest BCUT2D eigenvalue weighted by atomic mass is 15.1. The number of fused-ring (bicyclic) bond motifs is 1. The summed E-state index contributed by atoms with van der Waals surface area (Å²) < 4.78 is 2.34. The fourth-order valence-corrected chi connectivity index (χ4v) is 3.57. The average molecular weight is 272 g/mol. The van der Waals surface area contributed by atoms with Crippen molar-refractivity contribution in [2.24, 2.45) is 0 Å². The molecular formula is C16H24N4. The van der Waals surface area contributed by atoms with Crippen LogP contribution in [0.4, 0.5) is 0 Å². The lowest BCUT2D eigenvalue weighted by Gasteiger charge is -2.37. The maximum Gasteiger partial charge on any atom is 0.111 e. The minimum absolute atomic E-state index is 0.236. The summed E-state index contributed by atoms with van der Waals surface area (Å²) in [4.78, 5) is 9.03. The quantitative estimate of drug-likeness (QED) is 0.930. The van der Waals surface area contributed by atoms with Crippen molar-refractivity contribution in [1.29, 1.82) is 0 Å². The number of hydrogen-bond donors (Lipinski definition) is 1. The van der Waals surface area contributed by atoms with Gasteiger partial charge in [0.25, 0.3) is 0 Å². The Kier molecular flexibility index (Phi) is 3.74. The van der Waals surface area contributed by atoms with Crippen molar-refractivity contribution in [1.82, 2.24) is 19.9 Å². The zero-order valence-corrected chi connectivity index (χ0v) is 12.5. The Morgan fingerprint density at radius 3 is 2.80 bits per heavy atom. The summed E-state index contributed by atoms with van der Waals surface area (Å²) in [6, 6.07) is 2.07. The van der Waals surface area contributed by atoms with Gasteiger partial charge in [0.2, 0.25) is 0 Å². The molecule has 1 N–H and O–H groups in total. The molecule has 0 aromatic carbocycles. The normalized spacial score (nSPS) is 18.5. The summed E-state index contributed by atoms with van der Waals surface area (Å²) in [6.45, 7) is 3.16. The highest BCUT2D eigenvalue weighted by molar-refractivity contribution is 5.74. The number of nitrogens with zero attached hydrogens (tertiary/aromatic N) is 3. The number of imidazole rings is 1. The molecule has 20 heavy (non-hydrogen) atoms. The van der Waals surface area contributed by atoms with Gasteiger partial charge in [0.05, 0.1) is 11.7 Å². The topological polar surface area (TPSA) is 42.7 Å². The summed E-state index contributed by atoms with van der Waals surface area (Å²) in [7, 11) is 2.10. The second-order valence-corrected chi connectivity index (χ2v) is 5.90. The third kappa shape index (κ3) is 2.33. The van der Waals surface area contributed by atoms with Crippen LogP contribution in [0, 0.1) is 0 Å². The van der Waals surface area contributed by atoms with Gasteiger partial charge < -0.3 is 9.88 Å². The molecule has 4 heteroatoms. The number of pyridine rings is 1. The average Bonchev–Trinajstić information content (AvgIpc) is 2.85. The zero-order chi connectivity index (χ0) is 14.0. The number of aryl methyl sites for hydroxylation is 1. The molecule has 1 aliphatic carbocycles. The number of hydrogen-bond acceptors (Lipinski definition) is 3. The van der Waals surface area contributed by atoms with Crippen LogP contribution < -0.4 is 5.32 Å². The van der Waals surface area contributed by atoms with Gasteiger partial charge >= 0.3 is 0 Å². The minimum Gasteiger partial charge on any atom is -0.328 e. The monoisotopic (exact) mass is 272 g/mol. The lowest BCUT2D eigenvalue weighted by Crippen LogP contribution is -2.47. The molecule has 0 amide bonds. The SMILES string of the molecule is CCn1c(CC2(NC)CCCCC2)nc2cnccc21. The Labute approximate surface area is 120 Å². The first-order valence-electron chi connectivity index (χ1n) is 7.76. The molecule has 0 saturated heterocycles. The Morgan fingerprint density at radius 1 is 1.30 bits per heavy atom. The van der Waals surface area contributed by atoms with Gasteiger partial charge in [-0.1, -0.05) is 19.3 Å². The number of rotatable bonds is 4. The minimum atomic E-state index is 0.236. The lowest BCUT2D eigenvalue weighted by molar-refractivity contribution is 0.239. The number of nitrogens with one attached hydrogen (secondary N) is 1. The maximum atomic E-state index is 4.83. The molecule has 1 saturated carbocycles. The summed E-state index contributed by atoms with van der Waals surface area (Å²) in [6.07, 6.45) is 11.3. The van der Waals surface area contributed by atoms with E-state index in [9.17, 15) is 0 Å². The van der Waals surface area contributed by atoms with Crippen molar-refractivity contribution in [3.8, 4) is 0 Å². The van der Waals surface area contributed by atoms with E-state index in [1.807, 2.05) is 12.4 Å². The van der Waals surface area contributed by atoms with Crippen LogP contribution in [0.3, 0.4) is 0 Å². The second-order valence-electron chi connectivity index (χ2n) is 5.90. The molecule has 0 unspecified atom stereocenters. The van der Waals surface area contributed by atoms with Crippen LogP contribution in [-0.2, 0) is 13.0 Å². The third-order valence-corrected chi connectivity index (χ3v) is 4.78. The highest BCUT2D eigenvalue weighted by Gasteiger charge is 2.32. The van der Waals surface area contributed by atoms with Crippen molar-refractivity contribution >= 4 is 11.0 Å². The van der Waals surface area contributed by atoms with Crippen molar-refractivity contribution in [3.63, 3.8) is 0 Å². The van der Waals surface area contributed by atoms with Gasteiger partial charge in [-0.25, -0.2) is 4.98 Å². The molecule has 2 heterocycles. The van der Waals surface area contributed by atoms with E-state index < -0.39 is 0 Å². The van der Waals surface area contributed by atoms with Gasteiger partial charge in [0.15, 0.2) is 0 Å². The predicted octanol–water partition coefficient (Wildman–Crippen LogP) is 2.92. The molecule has 0 bridgehead atoms. The van der Waals surface area contributed by atoms with Crippen LogP contribution in [0.5, 0.6) is 0 Å². The standard InChI is InChI=1S/C16H24N4/c1-3-20-14-7-10-18-12-13(14)19-15(20)11-16(17-2)8-5-4-6-9-16/h7,10,12,17H,3-6,8-9,11H2,1-2H3. The van der Waals surface area contributed by atoms with Crippen molar-refractivity contribution in [2.45, 2.75) is 57.5 Å². The molecule has 4 nitrogen and oxygen atoms in total. The zero-order valence-electron chi connectivity index (χ0n) is 12.5.